The van der Waals surface area contributed by atoms with E-state index in [1.54, 1.807) is 7.11 Å². The van der Waals surface area contributed by atoms with Crippen LogP contribution in [0, 0.1) is 6.92 Å². The van der Waals surface area contributed by atoms with Crippen LogP contribution < -0.4 is 4.74 Å². The van der Waals surface area contributed by atoms with Crippen molar-refractivity contribution in [2.24, 2.45) is 0 Å². The zero-order valence-corrected chi connectivity index (χ0v) is 11.2. The molecule has 0 spiro atoms. The molecule has 0 atom stereocenters. The molecule has 0 heterocycles. The van der Waals surface area contributed by atoms with Gasteiger partial charge in [0.15, 0.2) is 0 Å². The maximum Gasteiger partial charge on any atom is 0.118 e. The Hall–Kier alpha value is -2.28. The van der Waals surface area contributed by atoms with Crippen LogP contribution in [0.15, 0.2) is 60.7 Å². The third kappa shape index (κ3) is 2.19. The molecule has 0 saturated heterocycles. The molecule has 0 unspecified atom stereocenters. The van der Waals surface area contributed by atoms with E-state index in [0.29, 0.717) is 0 Å². The van der Waals surface area contributed by atoms with Crippen LogP contribution in [0.3, 0.4) is 0 Å². The summed E-state index contributed by atoms with van der Waals surface area (Å²) >= 11 is 0. The third-order valence-corrected chi connectivity index (χ3v) is 3.44. The van der Waals surface area contributed by atoms with Crippen LogP contribution in [0.2, 0.25) is 0 Å². The summed E-state index contributed by atoms with van der Waals surface area (Å²) in [5, 5.41) is 2.58. The predicted octanol–water partition coefficient (Wildman–Crippen LogP) is 4.82. The highest BCUT2D eigenvalue weighted by Crippen LogP contribution is 2.30. The number of methoxy groups -OCH3 is 1. The van der Waals surface area contributed by atoms with E-state index in [1.165, 1.54) is 27.5 Å². The molecule has 0 fully saturated rings. The molecular weight excluding hydrogens is 232 g/mol. The quantitative estimate of drug-likeness (QED) is 0.631. The van der Waals surface area contributed by atoms with E-state index in [4.69, 9.17) is 4.74 Å². The topological polar surface area (TPSA) is 9.23 Å². The number of rotatable bonds is 2. The second-order valence-corrected chi connectivity index (χ2v) is 4.76. The maximum atomic E-state index is 5.21. The van der Waals surface area contributed by atoms with Crippen molar-refractivity contribution in [1.29, 1.82) is 0 Å². The van der Waals surface area contributed by atoms with E-state index in [0.717, 1.165) is 5.75 Å². The molecule has 0 N–H and O–H groups in total. The fraction of sp³-hybridized carbons (Fsp3) is 0.111. The van der Waals surface area contributed by atoms with Crippen LogP contribution in [0.25, 0.3) is 21.9 Å². The molecule has 19 heavy (non-hydrogen) atoms. The Kier molecular flexibility index (Phi) is 2.96. The molecule has 0 aromatic heterocycles. The zero-order chi connectivity index (χ0) is 13.2. The second-order valence-electron chi connectivity index (χ2n) is 4.76. The average molecular weight is 248 g/mol. The van der Waals surface area contributed by atoms with Crippen molar-refractivity contribution in [2.75, 3.05) is 7.11 Å². The van der Waals surface area contributed by atoms with Crippen LogP contribution in [0.1, 0.15) is 5.56 Å². The lowest BCUT2D eigenvalue weighted by Gasteiger charge is -2.08. The normalized spacial score (nSPS) is 10.6. The Morgan fingerprint density at radius 3 is 2.37 bits per heavy atom. The predicted molar refractivity (Wildman–Crippen MR) is 80.7 cm³/mol. The van der Waals surface area contributed by atoms with Gasteiger partial charge >= 0.3 is 0 Å². The molecule has 3 aromatic rings. The van der Waals surface area contributed by atoms with Crippen molar-refractivity contribution in [3.63, 3.8) is 0 Å². The van der Waals surface area contributed by atoms with Gasteiger partial charge in [-0.25, -0.2) is 0 Å². The molecule has 3 rings (SSSR count). The first-order valence-electron chi connectivity index (χ1n) is 6.42. The van der Waals surface area contributed by atoms with E-state index in [9.17, 15) is 0 Å². The highest BCUT2D eigenvalue weighted by Gasteiger charge is 2.04. The van der Waals surface area contributed by atoms with Crippen LogP contribution in [0.4, 0.5) is 0 Å². The van der Waals surface area contributed by atoms with Gasteiger partial charge in [0.05, 0.1) is 7.11 Å². The number of benzene rings is 3. The Balaban J connectivity index is 2.20. The number of hydrogen-bond acceptors (Lipinski definition) is 1. The average Bonchev–Trinajstić information content (AvgIpc) is 2.47. The minimum Gasteiger partial charge on any atom is -0.497 e. The Morgan fingerprint density at radius 2 is 1.63 bits per heavy atom. The van der Waals surface area contributed by atoms with E-state index in [1.807, 2.05) is 12.1 Å². The summed E-state index contributed by atoms with van der Waals surface area (Å²) < 4.78 is 5.21. The van der Waals surface area contributed by atoms with Gasteiger partial charge in [-0.2, -0.15) is 0 Å². The lowest BCUT2D eigenvalue weighted by Crippen LogP contribution is -1.84. The fourth-order valence-electron chi connectivity index (χ4n) is 2.41. The van der Waals surface area contributed by atoms with Crippen molar-refractivity contribution < 1.29 is 4.74 Å². The first-order valence-corrected chi connectivity index (χ1v) is 6.42. The van der Waals surface area contributed by atoms with E-state index >= 15 is 0 Å². The zero-order valence-electron chi connectivity index (χ0n) is 11.2. The Morgan fingerprint density at radius 1 is 0.842 bits per heavy atom. The molecule has 0 bridgehead atoms. The molecule has 94 valence electrons. The standard InChI is InChI=1S/C18H16O/c1-13-6-7-14-4-3-5-17(18(14)12-13)15-8-10-16(19-2)11-9-15/h3-12H,1-2H3. The van der Waals surface area contributed by atoms with Gasteiger partial charge in [0, 0.05) is 0 Å². The van der Waals surface area contributed by atoms with Crippen molar-refractivity contribution in [3.8, 4) is 16.9 Å². The largest absolute Gasteiger partial charge is 0.497 e. The van der Waals surface area contributed by atoms with Gasteiger partial charge < -0.3 is 4.74 Å². The van der Waals surface area contributed by atoms with E-state index in [2.05, 4.69) is 55.5 Å². The van der Waals surface area contributed by atoms with Crippen molar-refractivity contribution in [1.82, 2.24) is 0 Å². The lowest BCUT2D eigenvalue weighted by atomic mass is 9.97. The van der Waals surface area contributed by atoms with Gasteiger partial charge in [0.1, 0.15) is 5.75 Å². The van der Waals surface area contributed by atoms with Crippen molar-refractivity contribution in [2.45, 2.75) is 6.92 Å². The van der Waals surface area contributed by atoms with Gasteiger partial charge in [-0.1, -0.05) is 54.1 Å². The van der Waals surface area contributed by atoms with Crippen molar-refractivity contribution >= 4 is 10.8 Å². The van der Waals surface area contributed by atoms with Crippen LogP contribution in [0.5, 0.6) is 5.75 Å². The molecule has 0 amide bonds. The summed E-state index contributed by atoms with van der Waals surface area (Å²) in [6, 6.07) is 21.2. The summed E-state index contributed by atoms with van der Waals surface area (Å²) in [4.78, 5) is 0. The highest BCUT2D eigenvalue weighted by molar-refractivity contribution is 5.97. The number of ether oxygens (including phenoxy) is 1. The van der Waals surface area contributed by atoms with Crippen molar-refractivity contribution in [3.05, 3.63) is 66.2 Å². The second kappa shape index (κ2) is 4.77. The van der Waals surface area contributed by atoms with Crippen LogP contribution in [-0.2, 0) is 0 Å². The van der Waals surface area contributed by atoms with Gasteiger partial charge in [0.25, 0.3) is 0 Å². The minimum atomic E-state index is 0.889. The third-order valence-electron chi connectivity index (χ3n) is 3.44. The molecular formula is C18H16O. The van der Waals surface area contributed by atoms with Crippen LogP contribution >= 0.6 is 0 Å². The summed E-state index contributed by atoms with van der Waals surface area (Å²) in [6.07, 6.45) is 0. The highest BCUT2D eigenvalue weighted by atomic mass is 16.5. The monoisotopic (exact) mass is 248 g/mol. The van der Waals surface area contributed by atoms with E-state index in [-0.39, 0.29) is 0 Å². The maximum absolute atomic E-state index is 5.21. The molecule has 1 nitrogen and oxygen atoms in total. The molecule has 0 saturated carbocycles. The first-order chi connectivity index (χ1) is 9.28. The smallest absolute Gasteiger partial charge is 0.118 e. The molecule has 1 heteroatoms. The summed E-state index contributed by atoms with van der Waals surface area (Å²) in [7, 11) is 1.69. The van der Waals surface area contributed by atoms with Gasteiger partial charge in [-0.05, 0) is 41.0 Å². The summed E-state index contributed by atoms with van der Waals surface area (Å²) in [5.74, 6) is 0.889. The van der Waals surface area contributed by atoms with Gasteiger partial charge in [-0.15, -0.1) is 0 Å². The number of fused-ring (bicyclic) bond motifs is 1. The van der Waals surface area contributed by atoms with Gasteiger partial charge in [-0.3, -0.25) is 0 Å². The molecule has 0 radical (unpaired) electrons. The fourth-order valence-corrected chi connectivity index (χ4v) is 2.41. The Labute approximate surface area is 113 Å². The molecule has 0 aliphatic carbocycles. The summed E-state index contributed by atoms with van der Waals surface area (Å²) in [5.41, 5.74) is 3.77. The van der Waals surface area contributed by atoms with E-state index < -0.39 is 0 Å². The minimum absolute atomic E-state index is 0.889. The van der Waals surface area contributed by atoms with Gasteiger partial charge in [0.2, 0.25) is 0 Å². The summed E-state index contributed by atoms with van der Waals surface area (Å²) in [6.45, 7) is 2.13. The molecule has 0 aliphatic rings. The first kappa shape index (κ1) is 11.8. The Bertz CT molecular complexity index is 711. The molecule has 3 aromatic carbocycles. The lowest BCUT2D eigenvalue weighted by molar-refractivity contribution is 0.415. The number of hydrogen-bond donors (Lipinski definition) is 0. The molecule has 0 aliphatic heterocycles. The van der Waals surface area contributed by atoms with Crippen LogP contribution in [-0.4, -0.2) is 7.11 Å². The number of aryl methyl sites for hydroxylation is 1. The SMILES string of the molecule is COc1ccc(-c2cccc3ccc(C)cc23)cc1.